The van der Waals surface area contributed by atoms with Crippen LogP contribution in [0.15, 0.2) is 35.7 Å². The van der Waals surface area contributed by atoms with Crippen molar-refractivity contribution in [3.05, 3.63) is 63.0 Å². The predicted octanol–water partition coefficient (Wildman–Crippen LogP) is 5.18. The molecule has 3 aromatic rings. The molecule has 0 radical (unpaired) electrons. The van der Waals surface area contributed by atoms with Gasteiger partial charge in [-0.25, -0.2) is 9.78 Å². The summed E-state index contributed by atoms with van der Waals surface area (Å²) >= 11 is 1.71. The summed E-state index contributed by atoms with van der Waals surface area (Å²) in [4.78, 5) is 18.0. The number of pyridine rings is 1. The summed E-state index contributed by atoms with van der Waals surface area (Å²) in [5.74, 6) is -0.863. The van der Waals surface area contributed by atoms with Gasteiger partial charge in [-0.1, -0.05) is 18.2 Å². The van der Waals surface area contributed by atoms with Crippen LogP contribution in [0.3, 0.4) is 0 Å². The molecule has 0 atom stereocenters. The molecule has 0 fully saturated rings. The van der Waals surface area contributed by atoms with Gasteiger partial charge in [0, 0.05) is 10.3 Å². The Morgan fingerprint density at radius 1 is 1.25 bits per heavy atom. The number of benzene rings is 1. The standard InChI is InChI=1S/C20H17NO2S/c1-12-9-10-24-17(12)11-13-5-4-7-15-18(20(22)23)14-6-2-3-8-16(14)21-19(13)15/h2-3,6,8-11H,4-5,7H2,1H3,(H,22,23)/b13-11+. The Morgan fingerprint density at radius 2 is 2.08 bits per heavy atom. The van der Waals surface area contributed by atoms with Crippen molar-refractivity contribution >= 4 is 39.9 Å². The SMILES string of the molecule is Cc1ccsc1/C=C1\CCCc2c1nc1ccccc1c2C(=O)O. The molecular formula is C20H17NO2S. The molecule has 1 aliphatic rings. The second-order valence-corrected chi connectivity index (χ2v) is 7.07. The predicted molar refractivity (Wildman–Crippen MR) is 98.6 cm³/mol. The molecule has 0 spiro atoms. The van der Waals surface area contributed by atoms with Gasteiger partial charge in [-0.3, -0.25) is 0 Å². The molecule has 0 amide bonds. The van der Waals surface area contributed by atoms with Crippen molar-refractivity contribution in [2.24, 2.45) is 0 Å². The van der Waals surface area contributed by atoms with Gasteiger partial charge in [0.05, 0.1) is 16.8 Å². The molecule has 4 heteroatoms. The zero-order valence-corrected chi connectivity index (χ0v) is 14.2. The van der Waals surface area contributed by atoms with Gasteiger partial charge in [0.25, 0.3) is 0 Å². The number of aryl methyl sites for hydroxylation is 1. The number of carbonyl (C=O) groups is 1. The number of rotatable bonds is 2. The van der Waals surface area contributed by atoms with E-state index >= 15 is 0 Å². The van der Waals surface area contributed by atoms with Gasteiger partial charge in [-0.2, -0.15) is 0 Å². The van der Waals surface area contributed by atoms with E-state index in [-0.39, 0.29) is 0 Å². The molecule has 0 aliphatic heterocycles. The summed E-state index contributed by atoms with van der Waals surface area (Å²) in [6.07, 6.45) is 4.86. The Hall–Kier alpha value is -2.46. The molecule has 0 saturated carbocycles. The number of hydrogen-bond acceptors (Lipinski definition) is 3. The molecule has 2 aromatic heterocycles. The van der Waals surface area contributed by atoms with E-state index in [1.807, 2.05) is 24.3 Å². The van der Waals surface area contributed by atoms with Crippen LogP contribution in [0.1, 0.15) is 44.9 Å². The molecule has 120 valence electrons. The lowest BCUT2D eigenvalue weighted by molar-refractivity contribution is 0.0697. The molecule has 2 heterocycles. The number of aromatic nitrogens is 1. The van der Waals surface area contributed by atoms with Gasteiger partial charge in [0.2, 0.25) is 0 Å². The minimum atomic E-state index is -0.863. The van der Waals surface area contributed by atoms with E-state index in [2.05, 4.69) is 24.4 Å². The fourth-order valence-corrected chi connectivity index (χ4v) is 4.29. The molecule has 1 aromatic carbocycles. The summed E-state index contributed by atoms with van der Waals surface area (Å²) in [5.41, 5.74) is 5.32. The highest BCUT2D eigenvalue weighted by Gasteiger charge is 2.24. The van der Waals surface area contributed by atoms with Crippen LogP contribution in [0.5, 0.6) is 0 Å². The van der Waals surface area contributed by atoms with Crippen molar-refractivity contribution in [1.29, 1.82) is 0 Å². The minimum absolute atomic E-state index is 0.420. The molecule has 1 N–H and O–H groups in total. The Balaban J connectivity index is 2.00. The number of nitrogens with zero attached hydrogens (tertiary/aromatic N) is 1. The Labute approximate surface area is 144 Å². The van der Waals surface area contributed by atoms with Crippen molar-refractivity contribution in [1.82, 2.24) is 4.98 Å². The van der Waals surface area contributed by atoms with Crippen molar-refractivity contribution < 1.29 is 9.90 Å². The van der Waals surface area contributed by atoms with E-state index in [1.165, 1.54) is 10.4 Å². The second kappa shape index (κ2) is 5.87. The van der Waals surface area contributed by atoms with Crippen molar-refractivity contribution in [3.63, 3.8) is 0 Å². The van der Waals surface area contributed by atoms with Crippen molar-refractivity contribution in [2.45, 2.75) is 26.2 Å². The van der Waals surface area contributed by atoms with Crippen LogP contribution >= 0.6 is 11.3 Å². The quantitative estimate of drug-likeness (QED) is 0.702. The lowest BCUT2D eigenvalue weighted by Gasteiger charge is -2.21. The average molecular weight is 335 g/mol. The highest BCUT2D eigenvalue weighted by molar-refractivity contribution is 7.11. The molecule has 4 rings (SSSR count). The van der Waals surface area contributed by atoms with Crippen LogP contribution in [0, 0.1) is 6.92 Å². The molecule has 0 unspecified atom stereocenters. The fraction of sp³-hybridized carbons (Fsp3) is 0.200. The van der Waals surface area contributed by atoms with Gasteiger partial charge in [0.15, 0.2) is 0 Å². The largest absolute Gasteiger partial charge is 0.478 e. The first-order valence-electron chi connectivity index (χ1n) is 8.05. The third-order valence-electron chi connectivity index (χ3n) is 4.59. The number of thiophene rings is 1. The third-order valence-corrected chi connectivity index (χ3v) is 5.56. The fourth-order valence-electron chi connectivity index (χ4n) is 3.41. The third kappa shape index (κ3) is 2.43. The number of para-hydroxylation sites is 1. The molecule has 24 heavy (non-hydrogen) atoms. The number of fused-ring (bicyclic) bond motifs is 2. The highest BCUT2D eigenvalue weighted by Crippen LogP contribution is 2.36. The van der Waals surface area contributed by atoms with Crippen LogP contribution in [-0.4, -0.2) is 16.1 Å². The maximum absolute atomic E-state index is 11.9. The van der Waals surface area contributed by atoms with Gasteiger partial charge in [0.1, 0.15) is 0 Å². The molecule has 3 nitrogen and oxygen atoms in total. The maximum atomic E-state index is 11.9. The summed E-state index contributed by atoms with van der Waals surface area (Å²) < 4.78 is 0. The van der Waals surface area contributed by atoms with Gasteiger partial charge < -0.3 is 5.11 Å². The maximum Gasteiger partial charge on any atom is 0.336 e. The smallest absolute Gasteiger partial charge is 0.336 e. The van der Waals surface area contributed by atoms with E-state index in [0.29, 0.717) is 5.56 Å². The van der Waals surface area contributed by atoms with Gasteiger partial charge in [-0.05, 0) is 66.5 Å². The molecule has 0 saturated heterocycles. The Morgan fingerprint density at radius 3 is 2.83 bits per heavy atom. The first-order chi connectivity index (χ1) is 11.6. The first-order valence-corrected chi connectivity index (χ1v) is 8.93. The van der Waals surface area contributed by atoms with Crippen LogP contribution in [0.25, 0.3) is 22.6 Å². The summed E-state index contributed by atoms with van der Waals surface area (Å²) in [6.45, 7) is 2.10. The van der Waals surface area contributed by atoms with Crippen molar-refractivity contribution in [3.8, 4) is 0 Å². The van der Waals surface area contributed by atoms with E-state index in [1.54, 1.807) is 11.3 Å². The summed E-state index contributed by atoms with van der Waals surface area (Å²) in [5, 5.41) is 12.6. The number of carboxylic acid groups (broad SMARTS) is 1. The van der Waals surface area contributed by atoms with Gasteiger partial charge >= 0.3 is 5.97 Å². The Bertz CT molecular complexity index is 984. The topological polar surface area (TPSA) is 50.2 Å². The minimum Gasteiger partial charge on any atom is -0.478 e. The van der Waals surface area contributed by atoms with Crippen LogP contribution in [0.2, 0.25) is 0 Å². The number of allylic oxidation sites excluding steroid dienone is 1. The number of aromatic carboxylic acids is 1. The molecular weight excluding hydrogens is 318 g/mol. The normalized spacial score (nSPS) is 15.6. The summed E-state index contributed by atoms with van der Waals surface area (Å²) in [7, 11) is 0. The zero-order valence-electron chi connectivity index (χ0n) is 13.4. The number of hydrogen-bond donors (Lipinski definition) is 1. The highest BCUT2D eigenvalue weighted by atomic mass is 32.1. The summed E-state index contributed by atoms with van der Waals surface area (Å²) in [6, 6.07) is 9.63. The second-order valence-electron chi connectivity index (χ2n) is 6.13. The lowest BCUT2D eigenvalue weighted by Crippen LogP contribution is -2.13. The first kappa shape index (κ1) is 15.1. The molecule has 1 aliphatic carbocycles. The van der Waals surface area contributed by atoms with Crippen LogP contribution in [0.4, 0.5) is 0 Å². The zero-order chi connectivity index (χ0) is 16.7. The van der Waals surface area contributed by atoms with Crippen LogP contribution < -0.4 is 0 Å². The number of carboxylic acids is 1. The van der Waals surface area contributed by atoms with Crippen molar-refractivity contribution in [2.75, 3.05) is 0 Å². The average Bonchev–Trinajstić information content (AvgIpc) is 2.98. The monoisotopic (exact) mass is 335 g/mol. The van der Waals surface area contributed by atoms with E-state index < -0.39 is 5.97 Å². The van der Waals surface area contributed by atoms with Crippen LogP contribution in [-0.2, 0) is 6.42 Å². The van der Waals surface area contributed by atoms with E-state index in [4.69, 9.17) is 4.98 Å². The molecule has 0 bridgehead atoms. The van der Waals surface area contributed by atoms with E-state index in [0.717, 1.165) is 47.0 Å². The Kier molecular flexibility index (Phi) is 3.69. The van der Waals surface area contributed by atoms with Gasteiger partial charge in [-0.15, -0.1) is 11.3 Å². The van der Waals surface area contributed by atoms with E-state index in [9.17, 15) is 9.90 Å². The lowest BCUT2D eigenvalue weighted by atomic mass is 9.86.